The first-order valence-corrected chi connectivity index (χ1v) is 4.06. The fourth-order valence-electron chi connectivity index (χ4n) is 1.44. The van der Waals surface area contributed by atoms with E-state index in [2.05, 4.69) is 0 Å². The summed E-state index contributed by atoms with van der Waals surface area (Å²) >= 11 is 0. The molecule has 13 heavy (non-hydrogen) atoms. The first-order valence-electron chi connectivity index (χ1n) is 5.21. The fraction of sp³-hybridized carbons (Fsp3) is 0.300. The lowest BCUT2D eigenvalue weighted by molar-refractivity contribution is -0.116. The number of benzene rings is 1. The highest BCUT2D eigenvalue weighted by Crippen LogP contribution is 2.29. The summed E-state index contributed by atoms with van der Waals surface area (Å²) in [5.41, 5.74) is 7.46. The van der Waals surface area contributed by atoms with Gasteiger partial charge in [0.25, 0.3) is 0 Å². The van der Waals surface area contributed by atoms with Crippen molar-refractivity contribution in [2.45, 2.75) is 13.3 Å². The third-order valence-corrected chi connectivity index (χ3v) is 2.05. The number of fused-ring (bicyclic) bond motifs is 1. The summed E-state index contributed by atoms with van der Waals surface area (Å²) in [7, 11) is 0. The van der Waals surface area contributed by atoms with Gasteiger partial charge in [-0.1, -0.05) is 0 Å². The molecule has 68 valence electrons. The van der Waals surface area contributed by atoms with Gasteiger partial charge in [-0.15, -0.1) is 0 Å². The summed E-state index contributed by atoms with van der Waals surface area (Å²) in [6, 6.07) is 5.04. The number of nitrogens with zero attached hydrogens (tertiary/aromatic N) is 1. The predicted octanol–water partition coefficient (Wildman–Crippen LogP) is 1.18. The van der Waals surface area contributed by atoms with E-state index in [0.29, 0.717) is 16.9 Å². The Morgan fingerprint density at radius 2 is 2.46 bits per heavy atom. The molecule has 1 aromatic rings. The quantitative estimate of drug-likeness (QED) is 0.606. The van der Waals surface area contributed by atoms with Crippen molar-refractivity contribution in [1.29, 1.82) is 0 Å². The number of nitrogens with two attached hydrogens (primary N) is 1. The van der Waals surface area contributed by atoms with Crippen molar-refractivity contribution in [3.8, 4) is 0 Å². The van der Waals surface area contributed by atoms with Gasteiger partial charge in [-0.3, -0.25) is 4.79 Å². The van der Waals surface area contributed by atoms with Crippen molar-refractivity contribution in [2.24, 2.45) is 0 Å². The molecule has 2 unspecified atom stereocenters. The van der Waals surface area contributed by atoms with Gasteiger partial charge in [-0.05, 0) is 30.2 Å². The van der Waals surface area contributed by atoms with Crippen LogP contribution in [0.5, 0.6) is 0 Å². The molecule has 2 N–H and O–H groups in total. The van der Waals surface area contributed by atoms with Crippen LogP contribution in [0.3, 0.4) is 0 Å². The van der Waals surface area contributed by atoms with Gasteiger partial charge in [0.05, 0.1) is 1.37 Å². The monoisotopic (exact) mass is 178 g/mol. The molecule has 2 atom stereocenters. The van der Waals surface area contributed by atoms with Gasteiger partial charge in [0.2, 0.25) is 5.91 Å². The molecule has 0 saturated heterocycles. The number of amides is 1. The van der Waals surface area contributed by atoms with E-state index in [1.165, 1.54) is 11.8 Å². The Morgan fingerprint density at radius 1 is 1.69 bits per heavy atom. The van der Waals surface area contributed by atoms with Crippen LogP contribution in [0.25, 0.3) is 0 Å². The largest absolute Gasteiger partial charge is 0.399 e. The Balaban J connectivity index is 2.55. The van der Waals surface area contributed by atoms with E-state index in [9.17, 15) is 4.79 Å². The highest BCUT2D eigenvalue weighted by molar-refractivity contribution is 5.94. The summed E-state index contributed by atoms with van der Waals surface area (Å²) in [5, 5.41) is 0. The summed E-state index contributed by atoms with van der Waals surface area (Å²) in [5.74, 6) is -0.212. The van der Waals surface area contributed by atoms with Gasteiger partial charge in [-0.25, -0.2) is 0 Å². The Morgan fingerprint density at radius 3 is 3.15 bits per heavy atom. The van der Waals surface area contributed by atoms with Crippen molar-refractivity contribution >= 4 is 17.3 Å². The molecule has 3 heteroatoms. The van der Waals surface area contributed by atoms with Gasteiger partial charge in [-0.2, -0.15) is 0 Å². The zero-order chi connectivity index (χ0) is 11.2. The molecule has 0 bridgehead atoms. The standard InChI is InChI=1S/C10H12N2O/c1-7(13)12-5-4-8-6-9(11)2-3-10(8)12/h2-3,6H,4-5,11H2,1H3/i4D,5D. The van der Waals surface area contributed by atoms with Gasteiger partial charge in [0.15, 0.2) is 0 Å². The Labute approximate surface area is 80.0 Å². The summed E-state index contributed by atoms with van der Waals surface area (Å²) in [4.78, 5) is 12.7. The minimum Gasteiger partial charge on any atom is -0.399 e. The van der Waals surface area contributed by atoms with Crippen molar-refractivity contribution in [3.63, 3.8) is 0 Å². The number of nitrogen functional groups attached to an aromatic ring is 1. The second kappa shape index (κ2) is 2.76. The fourth-order valence-corrected chi connectivity index (χ4v) is 1.44. The van der Waals surface area contributed by atoms with Gasteiger partial charge < -0.3 is 10.6 Å². The number of carbonyl (C=O) groups excluding carboxylic acids is 1. The molecule has 1 heterocycles. The van der Waals surface area contributed by atoms with E-state index in [1.807, 2.05) is 0 Å². The van der Waals surface area contributed by atoms with Crippen molar-refractivity contribution < 1.29 is 7.54 Å². The summed E-state index contributed by atoms with van der Waals surface area (Å²) in [6.07, 6.45) is -0.729. The third kappa shape index (κ3) is 1.26. The second-order valence-corrected chi connectivity index (χ2v) is 3.02. The van der Waals surface area contributed by atoms with Crippen LogP contribution >= 0.6 is 0 Å². The normalized spacial score (nSPS) is 27.9. The van der Waals surface area contributed by atoms with E-state index in [-0.39, 0.29) is 5.91 Å². The number of rotatable bonds is 0. The van der Waals surface area contributed by atoms with Crippen LogP contribution in [0.4, 0.5) is 11.4 Å². The van der Waals surface area contributed by atoms with Crippen LogP contribution in [-0.4, -0.2) is 12.4 Å². The van der Waals surface area contributed by atoms with E-state index in [1.54, 1.807) is 18.2 Å². The lowest BCUT2D eigenvalue weighted by Gasteiger charge is -2.14. The first kappa shape index (κ1) is 6.02. The molecule has 0 saturated carbocycles. The molecule has 1 aromatic carbocycles. The third-order valence-electron chi connectivity index (χ3n) is 2.05. The molecule has 1 aliphatic rings. The number of carbonyl (C=O) groups is 1. The molecule has 1 amide bonds. The Kier molecular flexibility index (Phi) is 1.28. The lowest BCUT2D eigenvalue weighted by atomic mass is 10.1. The van der Waals surface area contributed by atoms with Crippen LogP contribution < -0.4 is 10.6 Å². The molecule has 0 aliphatic carbocycles. The molecule has 1 aliphatic heterocycles. The van der Waals surface area contributed by atoms with Gasteiger partial charge in [0, 0.05) is 26.2 Å². The van der Waals surface area contributed by atoms with E-state index < -0.39 is 12.9 Å². The predicted molar refractivity (Wildman–Crippen MR) is 52.6 cm³/mol. The summed E-state index contributed by atoms with van der Waals surface area (Å²) < 4.78 is 15.6. The van der Waals surface area contributed by atoms with Crippen molar-refractivity contribution in [2.75, 3.05) is 17.2 Å². The van der Waals surface area contributed by atoms with Crippen LogP contribution in [0.15, 0.2) is 18.2 Å². The number of hydrogen-bond acceptors (Lipinski definition) is 2. The Hall–Kier alpha value is -1.51. The van der Waals surface area contributed by atoms with Crippen molar-refractivity contribution in [3.05, 3.63) is 23.8 Å². The maximum atomic E-state index is 11.3. The topological polar surface area (TPSA) is 46.3 Å². The zero-order valence-electron chi connectivity index (χ0n) is 9.32. The average Bonchev–Trinajstić information content (AvgIpc) is 2.41. The van der Waals surface area contributed by atoms with E-state index in [4.69, 9.17) is 8.48 Å². The van der Waals surface area contributed by atoms with E-state index in [0.717, 1.165) is 0 Å². The zero-order valence-corrected chi connectivity index (χ0v) is 7.32. The average molecular weight is 178 g/mol. The maximum absolute atomic E-state index is 11.3. The van der Waals surface area contributed by atoms with Crippen LogP contribution in [0.1, 0.15) is 15.2 Å². The molecule has 0 aromatic heterocycles. The first-order chi connectivity index (χ1) is 7.02. The van der Waals surface area contributed by atoms with E-state index >= 15 is 0 Å². The molecule has 0 spiro atoms. The number of hydrogen-bond donors (Lipinski definition) is 1. The highest BCUT2D eigenvalue weighted by Gasteiger charge is 2.21. The SMILES string of the molecule is [2H]C1c2cc(N)ccc2N(C(C)=O)C1[2H]. The van der Waals surface area contributed by atoms with Gasteiger partial charge in [0.1, 0.15) is 0 Å². The number of anilines is 2. The minimum absolute atomic E-state index is 0.212. The lowest BCUT2D eigenvalue weighted by Crippen LogP contribution is -2.25. The Bertz CT molecular complexity index is 422. The number of aryl methyl sites for hydroxylation is 1. The second-order valence-electron chi connectivity index (χ2n) is 3.02. The smallest absolute Gasteiger partial charge is 0.223 e. The summed E-state index contributed by atoms with van der Waals surface area (Å²) in [6.45, 7) is 0.541. The minimum atomic E-state index is -0.862. The van der Waals surface area contributed by atoms with Crippen LogP contribution in [0, 0.1) is 0 Å². The van der Waals surface area contributed by atoms with Crippen LogP contribution in [-0.2, 0) is 11.2 Å². The molecular weight excluding hydrogens is 164 g/mol. The van der Waals surface area contributed by atoms with Crippen molar-refractivity contribution in [1.82, 2.24) is 0 Å². The molecule has 0 radical (unpaired) electrons. The molecular formula is C10H12N2O. The maximum Gasteiger partial charge on any atom is 0.223 e. The molecule has 3 nitrogen and oxygen atoms in total. The molecule has 2 rings (SSSR count). The van der Waals surface area contributed by atoms with Crippen LogP contribution in [0.2, 0.25) is 0 Å². The van der Waals surface area contributed by atoms with Gasteiger partial charge >= 0.3 is 0 Å². The highest BCUT2D eigenvalue weighted by atomic mass is 16.2. The molecule has 0 fully saturated rings.